The second-order valence-electron chi connectivity index (χ2n) is 5.27. The lowest BCUT2D eigenvalue weighted by atomic mass is 10.1. The predicted molar refractivity (Wildman–Crippen MR) is 70.9 cm³/mol. The average molecular weight is 287 g/mol. The Bertz CT molecular complexity index is 484. The van der Waals surface area contributed by atoms with Gasteiger partial charge in [-0.25, -0.2) is 9.18 Å². The zero-order valence-corrected chi connectivity index (χ0v) is 12.0. The van der Waals surface area contributed by atoms with Crippen LogP contribution in [0.25, 0.3) is 0 Å². The van der Waals surface area contributed by atoms with Crippen LogP contribution in [0, 0.1) is 11.6 Å². The molecule has 1 aromatic rings. The minimum atomic E-state index is -1.02. The molecule has 0 aromatic heterocycles. The maximum Gasteiger partial charge on any atom is 0.407 e. The molecule has 0 heterocycles. The third-order valence-corrected chi connectivity index (χ3v) is 2.36. The highest BCUT2D eigenvalue weighted by Gasteiger charge is 2.16. The van der Waals surface area contributed by atoms with E-state index >= 15 is 0 Å². The van der Waals surface area contributed by atoms with E-state index in [1.54, 1.807) is 20.8 Å². The molecule has 0 saturated heterocycles. The summed E-state index contributed by atoms with van der Waals surface area (Å²) in [5.41, 5.74) is -0.0493. The van der Waals surface area contributed by atoms with Gasteiger partial charge in [-0.2, -0.15) is 4.39 Å². The van der Waals surface area contributed by atoms with E-state index < -0.39 is 23.3 Å². The molecule has 20 heavy (non-hydrogen) atoms. The van der Waals surface area contributed by atoms with Gasteiger partial charge in [0.05, 0.1) is 7.11 Å². The normalized spacial score (nSPS) is 11.1. The van der Waals surface area contributed by atoms with Crippen molar-refractivity contribution >= 4 is 6.09 Å². The molecule has 0 spiro atoms. The fourth-order valence-electron chi connectivity index (χ4n) is 1.53. The first-order valence-electron chi connectivity index (χ1n) is 6.21. The number of hydrogen-bond acceptors (Lipinski definition) is 3. The number of hydrogen-bond donors (Lipinski definition) is 1. The number of amides is 1. The minimum Gasteiger partial charge on any atom is -0.494 e. The Balaban J connectivity index is 2.54. The Kier molecular flexibility index (Phi) is 5.30. The number of carbonyl (C=O) groups excluding carboxylic acids is 1. The zero-order valence-electron chi connectivity index (χ0n) is 12.0. The SMILES string of the molecule is COc1cc(CCNC(=O)OC(C)(C)C)cc(F)c1F. The Labute approximate surface area is 117 Å². The van der Waals surface area contributed by atoms with Gasteiger partial charge in [0, 0.05) is 6.54 Å². The van der Waals surface area contributed by atoms with Crippen LogP contribution in [-0.4, -0.2) is 25.3 Å². The van der Waals surface area contributed by atoms with Crippen molar-refractivity contribution in [3.63, 3.8) is 0 Å². The van der Waals surface area contributed by atoms with E-state index in [0.717, 1.165) is 6.07 Å². The van der Waals surface area contributed by atoms with Crippen LogP contribution in [0.5, 0.6) is 5.75 Å². The lowest BCUT2D eigenvalue weighted by molar-refractivity contribution is 0.0528. The summed E-state index contributed by atoms with van der Waals surface area (Å²) in [6, 6.07) is 2.48. The van der Waals surface area contributed by atoms with Gasteiger partial charge in [-0.15, -0.1) is 0 Å². The van der Waals surface area contributed by atoms with Crippen LogP contribution in [0.1, 0.15) is 26.3 Å². The summed E-state index contributed by atoms with van der Waals surface area (Å²) in [5, 5.41) is 2.54. The summed E-state index contributed by atoms with van der Waals surface area (Å²) < 4.78 is 36.3. The first kappa shape index (κ1) is 16.2. The fourth-order valence-corrected chi connectivity index (χ4v) is 1.53. The lowest BCUT2D eigenvalue weighted by Crippen LogP contribution is -2.33. The van der Waals surface area contributed by atoms with E-state index in [0.29, 0.717) is 12.0 Å². The van der Waals surface area contributed by atoms with Crippen LogP contribution in [0.3, 0.4) is 0 Å². The van der Waals surface area contributed by atoms with E-state index in [1.807, 2.05) is 0 Å². The van der Waals surface area contributed by atoms with Crippen LogP contribution >= 0.6 is 0 Å². The Morgan fingerprint density at radius 1 is 1.30 bits per heavy atom. The van der Waals surface area contributed by atoms with Gasteiger partial charge in [0.15, 0.2) is 11.6 Å². The maximum absolute atomic E-state index is 13.3. The zero-order chi connectivity index (χ0) is 15.3. The summed E-state index contributed by atoms with van der Waals surface area (Å²) in [4.78, 5) is 11.4. The summed E-state index contributed by atoms with van der Waals surface area (Å²) in [7, 11) is 1.26. The molecule has 0 atom stereocenters. The van der Waals surface area contributed by atoms with E-state index in [9.17, 15) is 13.6 Å². The van der Waals surface area contributed by atoms with Gasteiger partial charge in [-0.3, -0.25) is 0 Å². The molecule has 0 saturated carbocycles. The number of benzene rings is 1. The monoisotopic (exact) mass is 287 g/mol. The Morgan fingerprint density at radius 3 is 2.50 bits per heavy atom. The number of carbonyl (C=O) groups is 1. The maximum atomic E-state index is 13.3. The molecule has 0 unspecified atom stereocenters. The molecular formula is C14H19F2NO3. The van der Waals surface area contributed by atoms with Gasteiger partial charge < -0.3 is 14.8 Å². The number of methoxy groups -OCH3 is 1. The molecule has 0 fully saturated rings. The highest BCUT2D eigenvalue weighted by molar-refractivity contribution is 5.67. The van der Waals surface area contributed by atoms with Crippen LogP contribution < -0.4 is 10.1 Å². The van der Waals surface area contributed by atoms with Crippen molar-refractivity contribution in [1.29, 1.82) is 0 Å². The highest BCUT2D eigenvalue weighted by atomic mass is 19.2. The van der Waals surface area contributed by atoms with Gasteiger partial charge >= 0.3 is 6.09 Å². The van der Waals surface area contributed by atoms with Gasteiger partial charge in [0.25, 0.3) is 0 Å². The molecule has 6 heteroatoms. The van der Waals surface area contributed by atoms with Crippen LogP contribution in [0.4, 0.5) is 13.6 Å². The van der Waals surface area contributed by atoms with Crippen LogP contribution in [0.2, 0.25) is 0 Å². The van der Waals surface area contributed by atoms with Gasteiger partial charge in [-0.1, -0.05) is 0 Å². The highest BCUT2D eigenvalue weighted by Crippen LogP contribution is 2.21. The van der Waals surface area contributed by atoms with Crippen molar-refractivity contribution in [2.24, 2.45) is 0 Å². The van der Waals surface area contributed by atoms with Crippen molar-refractivity contribution < 1.29 is 23.0 Å². The van der Waals surface area contributed by atoms with Gasteiger partial charge in [-0.05, 0) is 44.9 Å². The molecule has 0 bridgehead atoms. The topological polar surface area (TPSA) is 47.6 Å². The van der Waals surface area contributed by atoms with Crippen molar-refractivity contribution in [3.05, 3.63) is 29.3 Å². The van der Waals surface area contributed by atoms with Crippen molar-refractivity contribution in [1.82, 2.24) is 5.32 Å². The summed E-state index contributed by atoms with van der Waals surface area (Å²) in [6.45, 7) is 5.52. The first-order valence-corrected chi connectivity index (χ1v) is 6.21. The summed E-state index contributed by atoms with van der Waals surface area (Å²) in [5.74, 6) is -2.15. The second kappa shape index (κ2) is 6.54. The average Bonchev–Trinajstić information content (AvgIpc) is 2.31. The van der Waals surface area contributed by atoms with E-state index in [4.69, 9.17) is 9.47 Å². The number of halogens is 2. The molecule has 0 aliphatic heterocycles. The van der Waals surface area contributed by atoms with Gasteiger partial charge in [0.1, 0.15) is 5.60 Å². The molecule has 1 rings (SSSR count). The van der Waals surface area contributed by atoms with Crippen molar-refractivity contribution in [3.8, 4) is 5.75 Å². The van der Waals surface area contributed by atoms with E-state index in [1.165, 1.54) is 13.2 Å². The molecule has 0 aliphatic carbocycles. The molecule has 0 radical (unpaired) electrons. The number of alkyl carbamates (subject to hydrolysis) is 1. The minimum absolute atomic E-state index is 0.155. The van der Waals surface area contributed by atoms with Gasteiger partial charge in [0.2, 0.25) is 5.82 Å². The number of ether oxygens (including phenoxy) is 2. The van der Waals surface area contributed by atoms with Crippen LogP contribution in [-0.2, 0) is 11.2 Å². The number of rotatable bonds is 4. The predicted octanol–water partition coefficient (Wildman–Crippen LogP) is 3.04. The quantitative estimate of drug-likeness (QED) is 0.926. The lowest BCUT2D eigenvalue weighted by Gasteiger charge is -2.19. The molecule has 4 nitrogen and oxygen atoms in total. The molecule has 112 valence electrons. The molecule has 0 aliphatic rings. The van der Waals surface area contributed by atoms with E-state index in [-0.39, 0.29) is 12.3 Å². The standard InChI is InChI=1S/C14H19F2NO3/c1-14(2,3)20-13(18)17-6-5-9-7-10(15)12(16)11(8-9)19-4/h7-8H,5-6H2,1-4H3,(H,17,18). The fraction of sp³-hybridized carbons (Fsp3) is 0.500. The number of nitrogens with one attached hydrogen (secondary N) is 1. The Hall–Kier alpha value is -1.85. The van der Waals surface area contributed by atoms with E-state index in [2.05, 4.69) is 5.32 Å². The molecule has 1 N–H and O–H groups in total. The van der Waals surface area contributed by atoms with Crippen molar-refractivity contribution in [2.45, 2.75) is 32.8 Å². The first-order chi connectivity index (χ1) is 9.23. The molecule has 1 amide bonds. The van der Waals surface area contributed by atoms with Crippen LogP contribution in [0.15, 0.2) is 12.1 Å². The second-order valence-corrected chi connectivity index (χ2v) is 5.27. The largest absolute Gasteiger partial charge is 0.494 e. The molecular weight excluding hydrogens is 268 g/mol. The van der Waals surface area contributed by atoms with Crippen molar-refractivity contribution in [2.75, 3.05) is 13.7 Å². The molecule has 1 aromatic carbocycles. The third-order valence-electron chi connectivity index (χ3n) is 2.36. The summed E-state index contributed by atoms with van der Waals surface area (Å²) >= 11 is 0. The summed E-state index contributed by atoms with van der Waals surface area (Å²) in [6.07, 6.45) is -0.209. The smallest absolute Gasteiger partial charge is 0.407 e. The third kappa shape index (κ3) is 5.03. The Morgan fingerprint density at radius 2 is 1.95 bits per heavy atom.